The Hall–Kier alpha value is -4.20. The molecule has 3 aromatic carbocycles. The Labute approximate surface area is 202 Å². The summed E-state index contributed by atoms with van der Waals surface area (Å²) in [5.41, 5.74) is 3.38. The Bertz CT molecular complexity index is 1410. The molecule has 2 N–H and O–H groups in total. The molecular weight excluding hydrogens is 447 g/mol. The van der Waals surface area contributed by atoms with E-state index in [1.807, 2.05) is 50.2 Å². The third-order valence-corrected chi connectivity index (χ3v) is 5.96. The molecule has 0 bridgehead atoms. The van der Waals surface area contributed by atoms with E-state index in [2.05, 4.69) is 10.6 Å². The van der Waals surface area contributed by atoms with Gasteiger partial charge in [0.2, 0.25) is 5.91 Å². The van der Waals surface area contributed by atoms with Crippen LogP contribution in [0.4, 0.5) is 10.1 Å². The van der Waals surface area contributed by atoms with Gasteiger partial charge in [-0.05, 0) is 67.9 Å². The molecule has 4 aromatic rings. The highest BCUT2D eigenvalue weighted by atomic mass is 19.1. The summed E-state index contributed by atoms with van der Waals surface area (Å²) in [6, 6.07) is 19.8. The zero-order chi connectivity index (χ0) is 24.9. The zero-order valence-electron chi connectivity index (χ0n) is 19.6. The average molecular weight is 475 g/mol. The lowest BCUT2D eigenvalue weighted by atomic mass is 10.1. The van der Waals surface area contributed by atoms with Gasteiger partial charge in [0.05, 0.1) is 17.1 Å². The Balaban J connectivity index is 1.35. The molecule has 4 rings (SSSR count). The fourth-order valence-corrected chi connectivity index (χ4v) is 4.06. The maximum atomic E-state index is 13.0. The van der Waals surface area contributed by atoms with Crippen LogP contribution in [-0.4, -0.2) is 20.9 Å². The molecule has 7 nitrogen and oxygen atoms in total. The molecule has 180 valence electrons. The summed E-state index contributed by atoms with van der Waals surface area (Å²) in [6.45, 7) is 4.65. The lowest BCUT2D eigenvalue weighted by molar-refractivity contribution is -0.121. The minimum atomic E-state index is -0.401. The van der Waals surface area contributed by atoms with E-state index in [1.54, 1.807) is 21.3 Å². The number of halogens is 1. The monoisotopic (exact) mass is 474 g/mol. The molecule has 35 heavy (non-hydrogen) atoms. The number of nitrogens with zero attached hydrogens (tertiary/aromatic N) is 2. The topological polar surface area (TPSA) is 85.1 Å². The van der Waals surface area contributed by atoms with Gasteiger partial charge in [0.1, 0.15) is 5.82 Å². The number of carbonyl (C=O) groups is 2. The second-order valence-electron chi connectivity index (χ2n) is 8.29. The van der Waals surface area contributed by atoms with Gasteiger partial charge in [-0.1, -0.05) is 24.3 Å². The number of para-hydroxylation sites is 2. The first-order valence-electron chi connectivity index (χ1n) is 11.5. The smallest absolute Gasteiger partial charge is 0.329 e. The minimum Gasteiger partial charge on any atom is -0.350 e. The van der Waals surface area contributed by atoms with Crippen molar-refractivity contribution in [3.8, 4) is 0 Å². The molecule has 0 fully saturated rings. The van der Waals surface area contributed by atoms with Crippen LogP contribution in [0, 0.1) is 5.82 Å². The molecule has 1 unspecified atom stereocenters. The van der Waals surface area contributed by atoms with Gasteiger partial charge in [-0.3, -0.25) is 18.7 Å². The van der Waals surface area contributed by atoms with Crippen molar-refractivity contribution in [3.63, 3.8) is 0 Å². The van der Waals surface area contributed by atoms with Crippen molar-refractivity contribution in [3.05, 3.63) is 100 Å². The predicted octanol–water partition coefficient (Wildman–Crippen LogP) is 4.48. The maximum absolute atomic E-state index is 13.0. The first kappa shape index (κ1) is 23.9. The molecule has 8 heteroatoms. The Morgan fingerprint density at radius 3 is 2.17 bits per heavy atom. The van der Waals surface area contributed by atoms with E-state index >= 15 is 0 Å². The fourth-order valence-electron chi connectivity index (χ4n) is 4.06. The van der Waals surface area contributed by atoms with Crippen molar-refractivity contribution in [1.29, 1.82) is 0 Å². The highest BCUT2D eigenvalue weighted by Gasteiger charge is 2.15. The number of nitrogens with one attached hydrogen (secondary N) is 2. The zero-order valence-corrected chi connectivity index (χ0v) is 19.6. The van der Waals surface area contributed by atoms with Crippen molar-refractivity contribution in [2.24, 2.45) is 0 Å². The van der Waals surface area contributed by atoms with Crippen LogP contribution in [0.25, 0.3) is 11.0 Å². The van der Waals surface area contributed by atoms with E-state index in [-0.39, 0.29) is 30.0 Å². The van der Waals surface area contributed by atoms with Crippen LogP contribution in [0.2, 0.25) is 0 Å². The highest BCUT2D eigenvalue weighted by molar-refractivity contribution is 6.04. The third kappa shape index (κ3) is 5.32. The number of carbonyl (C=O) groups excluding carboxylic acids is 2. The molecule has 0 radical (unpaired) electrons. The molecule has 0 aliphatic rings. The molecule has 0 aliphatic carbocycles. The number of benzene rings is 3. The third-order valence-electron chi connectivity index (χ3n) is 5.96. The molecule has 0 saturated carbocycles. The summed E-state index contributed by atoms with van der Waals surface area (Å²) in [7, 11) is 0. The minimum absolute atomic E-state index is 0.118. The average Bonchev–Trinajstić information content (AvgIpc) is 3.13. The van der Waals surface area contributed by atoms with E-state index < -0.39 is 5.82 Å². The van der Waals surface area contributed by atoms with Crippen LogP contribution in [0.3, 0.4) is 0 Å². The van der Waals surface area contributed by atoms with Gasteiger partial charge in [-0.2, -0.15) is 0 Å². The molecule has 2 amide bonds. The Morgan fingerprint density at radius 2 is 1.54 bits per heavy atom. The summed E-state index contributed by atoms with van der Waals surface area (Å²) in [5.74, 6) is -0.896. The number of fused-ring (bicyclic) bond motifs is 1. The number of aromatic nitrogens is 2. The first-order valence-corrected chi connectivity index (χ1v) is 11.5. The summed E-state index contributed by atoms with van der Waals surface area (Å²) >= 11 is 0. The van der Waals surface area contributed by atoms with Crippen LogP contribution in [0.1, 0.15) is 42.2 Å². The maximum Gasteiger partial charge on any atom is 0.329 e. The predicted molar refractivity (Wildman–Crippen MR) is 134 cm³/mol. The van der Waals surface area contributed by atoms with Crippen LogP contribution in [0.5, 0.6) is 0 Å². The second kappa shape index (κ2) is 10.4. The largest absolute Gasteiger partial charge is 0.350 e. The van der Waals surface area contributed by atoms with Crippen LogP contribution in [-0.2, 0) is 17.9 Å². The number of anilines is 1. The van der Waals surface area contributed by atoms with E-state index in [0.717, 1.165) is 16.6 Å². The van der Waals surface area contributed by atoms with Crippen molar-refractivity contribution >= 4 is 28.5 Å². The number of rotatable bonds is 8. The van der Waals surface area contributed by atoms with Crippen molar-refractivity contribution in [2.75, 3.05) is 5.32 Å². The Kier molecular flexibility index (Phi) is 7.10. The van der Waals surface area contributed by atoms with Gasteiger partial charge in [0.25, 0.3) is 5.91 Å². The summed E-state index contributed by atoms with van der Waals surface area (Å²) in [6.07, 6.45) is 0.174. The lowest BCUT2D eigenvalue weighted by Crippen LogP contribution is -2.30. The van der Waals surface area contributed by atoms with Crippen LogP contribution >= 0.6 is 0 Å². The van der Waals surface area contributed by atoms with Gasteiger partial charge < -0.3 is 10.6 Å². The number of hydrogen-bond donors (Lipinski definition) is 2. The van der Waals surface area contributed by atoms with Gasteiger partial charge in [-0.15, -0.1) is 0 Å². The van der Waals surface area contributed by atoms with Crippen LogP contribution < -0.4 is 16.3 Å². The van der Waals surface area contributed by atoms with Crippen molar-refractivity contribution < 1.29 is 14.0 Å². The van der Waals surface area contributed by atoms with E-state index in [0.29, 0.717) is 24.3 Å². The number of aryl methyl sites for hydroxylation is 2. The van der Waals surface area contributed by atoms with E-state index in [4.69, 9.17) is 0 Å². The molecule has 1 atom stereocenters. The standard InChI is InChI=1S/C27H27FN4O3/c1-3-31-23-6-4-5-7-24(23)32(27(31)35)17-16-25(33)29-18(2)19-10-14-22(15-11-19)30-26(34)20-8-12-21(28)13-9-20/h4-15,18H,3,16-17H2,1-2H3,(H,29,33)(H,30,34). The second-order valence-corrected chi connectivity index (χ2v) is 8.29. The normalized spacial score (nSPS) is 11.9. The van der Waals surface area contributed by atoms with E-state index in [9.17, 15) is 18.8 Å². The molecule has 0 spiro atoms. The SMILES string of the molecule is CCn1c(=O)n(CCC(=O)NC(C)c2ccc(NC(=O)c3ccc(F)cc3)cc2)c2ccccc21. The summed E-state index contributed by atoms with van der Waals surface area (Å²) < 4.78 is 16.4. The Morgan fingerprint density at radius 1 is 0.914 bits per heavy atom. The first-order chi connectivity index (χ1) is 16.9. The van der Waals surface area contributed by atoms with Gasteiger partial charge in [0.15, 0.2) is 0 Å². The molecule has 0 saturated heterocycles. The summed E-state index contributed by atoms with van der Waals surface area (Å²) in [4.78, 5) is 37.6. The number of hydrogen-bond acceptors (Lipinski definition) is 3. The van der Waals surface area contributed by atoms with Gasteiger partial charge in [0, 0.05) is 30.8 Å². The molecular formula is C27H27FN4O3. The van der Waals surface area contributed by atoms with Gasteiger partial charge >= 0.3 is 5.69 Å². The fraction of sp³-hybridized carbons (Fsp3) is 0.222. The summed E-state index contributed by atoms with van der Waals surface area (Å²) in [5, 5.41) is 5.73. The van der Waals surface area contributed by atoms with Gasteiger partial charge in [-0.25, -0.2) is 9.18 Å². The lowest BCUT2D eigenvalue weighted by Gasteiger charge is -2.15. The number of amides is 2. The van der Waals surface area contributed by atoms with E-state index in [1.165, 1.54) is 24.3 Å². The highest BCUT2D eigenvalue weighted by Crippen LogP contribution is 2.18. The quantitative estimate of drug-likeness (QED) is 0.395. The van der Waals surface area contributed by atoms with Crippen molar-refractivity contribution in [2.45, 2.75) is 39.4 Å². The van der Waals surface area contributed by atoms with Crippen LogP contribution in [0.15, 0.2) is 77.6 Å². The molecule has 0 aliphatic heterocycles. The molecule has 1 aromatic heterocycles. The number of imidazole rings is 1. The molecule has 1 heterocycles. The van der Waals surface area contributed by atoms with Crippen molar-refractivity contribution in [1.82, 2.24) is 14.5 Å².